The lowest BCUT2D eigenvalue weighted by Crippen LogP contribution is -2.21. The van der Waals surface area contributed by atoms with Gasteiger partial charge in [0.2, 0.25) is 5.91 Å². The van der Waals surface area contributed by atoms with Crippen molar-refractivity contribution in [2.45, 2.75) is 0 Å². The zero-order chi connectivity index (χ0) is 10.6. The highest BCUT2D eigenvalue weighted by Crippen LogP contribution is 2.24. The Kier molecular flexibility index (Phi) is 3.30. The molecule has 0 saturated heterocycles. The second-order valence-corrected chi connectivity index (χ2v) is 2.71. The van der Waals surface area contributed by atoms with E-state index in [1.165, 1.54) is 7.11 Å². The SMILES string of the molecule is COc1ccc(NC(=O)CN)cc1N. The summed E-state index contributed by atoms with van der Waals surface area (Å²) < 4.78 is 4.97. The van der Waals surface area contributed by atoms with Crippen LogP contribution in [-0.4, -0.2) is 19.6 Å². The zero-order valence-corrected chi connectivity index (χ0v) is 7.91. The lowest BCUT2D eigenvalue weighted by Gasteiger charge is -2.07. The Morgan fingerprint density at radius 1 is 1.57 bits per heavy atom. The van der Waals surface area contributed by atoms with E-state index in [9.17, 15) is 4.79 Å². The predicted octanol–water partition coefficient (Wildman–Crippen LogP) is 0.175. The summed E-state index contributed by atoms with van der Waals surface area (Å²) in [5.74, 6) is 0.324. The molecule has 0 bridgehead atoms. The lowest BCUT2D eigenvalue weighted by molar-refractivity contribution is -0.114. The molecular formula is C9H13N3O2. The molecule has 0 aliphatic rings. The molecule has 14 heavy (non-hydrogen) atoms. The van der Waals surface area contributed by atoms with Gasteiger partial charge in [-0.3, -0.25) is 4.79 Å². The summed E-state index contributed by atoms with van der Waals surface area (Å²) in [6, 6.07) is 5.00. The monoisotopic (exact) mass is 195 g/mol. The number of anilines is 2. The fourth-order valence-corrected chi connectivity index (χ4v) is 1.02. The number of amides is 1. The first-order valence-electron chi connectivity index (χ1n) is 4.11. The van der Waals surface area contributed by atoms with E-state index in [4.69, 9.17) is 16.2 Å². The number of hydrogen-bond acceptors (Lipinski definition) is 4. The third kappa shape index (κ3) is 2.37. The predicted molar refractivity (Wildman–Crippen MR) is 55.1 cm³/mol. The summed E-state index contributed by atoms with van der Waals surface area (Å²) in [6.45, 7) is -0.0497. The normalized spacial score (nSPS) is 9.57. The fraction of sp³-hybridized carbons (Fsp3) is 0.222. The summed E-state index contributed by atoms with van der Waals surface area (Å²) in [7, 11) is 1.53. The Hall–Kier alpha value is -1.75. The van der Waals surface area contributed by atoms with Gasteiger partial charge in [-0.05, 0) is 18.2 Å². The minimum Gasteiger partial charge on any atom is -0.495 e. The van der Waals surface area contributed by atoms with Crippen LogP contribution in [0.5, 0.6) is 5.75 Å². The molecular weight excluding hydrogens is 182 g/mol. The molecule has 0 aliphatic carbocycles. The Balaban J connectivity index is 2.81. The summed E-state index contributed by atoms with van der Waals surface area (Å²) in [6.07, 6.45) is 0. The van der Waals surface area contributed by atoms with Crippen LogP contribution in [0.1, 0.15) is 0 Å². The molecule has 1 amide bonds. The fourth-order valence-electron chi connectivity index (χ4n) is 1.02. The van der Waals surface area contributed by atoms with E-state index in [1.807, 2.05) is 0 Å². The van der Waals surface area contributed by atoms with E-state index in [1.54, 1.807) is 18.2 Å². The maximum atomic E-state index is 10.9. The van der Waals surface area contributed by atoms with Gasteiger partial charge in [0.15, 0.2) is 0 Å². The number of benzene rings is 1. The van der Waals surface area contributed by atoms with Crippen LogP contribution in [0.25, 0.3) is 0 Å². The second-order valence-electron chi connectivity index (χ2n) is 2.71. The van der Waals surface area contributed by atoms with E-state index in [0.29, 0.717) is 17.1 Å². The number of ether oxygens (including phenoxy) is 1. The van der Waals surface area contributed by atoms with Crippen LogP contribution in [0.3, 0.4) is 0 Å². The minimum absolute atomic E-state index is 0.0497. The van der Waals surface area contributed by atoms with Crippen molar-refractivity contribution >= 4 is 17.3 Å². The van der Waals surface area contributed by atoms with Crippen LogP contribution in [-0.2, 0) is 4.79 Å². The molecule has 0 aliphatic heterocycles. The molecule has 0 fully saturated rings. The maximum absolute atomic E-state index is 10.9. The van der Waals surface area contributed by atoms with Crippen LogP contribution in [0, 0.1) is 0 Å². The van der Waals surface area contributed by atoms with E-state index in [2.05, 4.69) is 5.32 Å². The summed E-state index contributed by atoms with van der Waals surface area (Å²) >= 11 is 0. The number of methoxy groups -OCH3 is 1. The van der Waals surface area contributed by atoms with Gasteiger partial charge in [0.25, 0.3) is 0 Å². The van der Waals surface area contributed by atoms with Crippen molar-refractivity contribution in [3.63, 3.8) is 0 Å². The quantitative estimate of drug-likeness (QED) is 0.600. The van der Waals surface area contributed by atoms with Gasteiger partial charge in [0.1, 0.15) is 5.75 Å². The van der Waals surface area contributed by atoms with Crippen molar-refractivity contribution in [2.24, 2.45) is 5.73 Å². The highest BCUT2D eigenvalue weighted by molar-refractivity contribution is 5.92. The van der Waals surface area contributed by atoms with Gasteiger partial charge < -0.3 is 21.5 Å². The molecule has 0 heterocycles. The molecule has 1 aromatic rings. The standard InChI is InChI=1S/C9H13N3O2/c1-14-8-3-2-6(4-7(8)11)12-9(13)5-10/h2-4H,5,10-11H2,1H3,(H,12,13). The van der Waals surface area contributed by atoms with Crippen LogP contribution in [0.4, 0.5) is 11.4 Å². The molecule has 0 unspecified atom stereocenters. The molecule has 5 N–H and O–H groups in total. The molecule has 5 heteroatoms. The van der Waals surface area contributed by atoms with Crippen LogP contribution < -0.4 is 21.5 Å². The van der Waals surface area contributed by atoms with Crippen molar-refractivity contribution in [2.75, 3.05) is 24.7 Å². The number of carbonyl (C=O) groups excluding carboxylic acids is 1. The molecule has 1 aromatic carbocycles. The van der Waals surface area contributed by atoms with Crippen molar-refractivity contribution in [3.8, 4) is 5.75 Å². The lowest BCUT2D eigenvalue weighted by atomic mass is 10.2. The maximum Gasteiger partial charge on any atom is 0.238 e. The third-order valence-corrected chi connectivity index (χ3v) is 1.70. The summed E-state index contributed by atoms with van der Waals surface area (Å²) in [4.78, 5) is 10.9. The molecule has 0 aromatic heterocycles. The van der Waals surface area contributed by atoms with Gasteiger partial charge in [0, 0.05) is 5.69 Å². The number of nitrogens with one attached hydrogen (secondary N) is 1. The van der Waals surface area contributed by atoms with Crippen molar-refractivity contribution in [3.05, 3.63) is 18.2 Å². The van der Waals surface area contributed by atoms with Gasteiger partial charge in [-0.15, -0.1) is 0 Å². The van der Waals surface area contributed by atoms with Gasteiger partial charge in [-0.25, -0.2) is 0 Å². The zero-order valence-electron chi connectivity index (χ0n) is 7.91. The van der Waals surface area contributed by atoms with Gasteiger partial charge in [-0.2, -0.15) is 0 Å². The number of nitrogen functional groups attached to an aromatic ring is 1. The van der Waals surface area contributed by atoms with Gasteiger partial charge in [-0.1, -0.05) is 0 Å². The van der Waals surface area contributed by atoms with Crippen LogP contribution in [0.15, 0.2) is 18.2 Å². The Labute approximate surface area is 82.0 Å². The number of carbonyl (C=O) groups is 1. The van der Waals surface area contributed by atoms with Crippen molar-refractivity contribution in [1.82, 2.24) is 0 Å². The largest absolute Gasteiger partial charge is 0.495 e. The highest BCUT2D eigenvalue weighted by Gasteiger charge is 2.02. The Bertz CT molecular complexity index is 339. The number of hydrogen-bond donors (Lipinski definition) is 3. The van der Waals surface area contributed by atoms with Crippen LogP contribution >= 0.6 is 0 Å². The molecule has 1 rings (SSSR count). The Morgan fingerprint density at radius 2 is 2.29 bits per heavy atom. The molecule has 0 saturated carbocycles. The number of nitrogens with two attached hydrogens (primary N) is 2. The smallest absolute Gasteiger partial charge is 0.238 e. The highest BCUT2D eigenvalue weighted by atomic mass is 16.5. The first-order valence-corrected chi connectivity index (χ1v) is 4.11. The van der Waals surface area contributed by atoms with E-state index < -0.39 is 0 Å². The van der Waals surface area contributed by atoms with Gasteiger partial charge in [0.05, 0.1) is 19.3 Å². The minimum atomic E-state index is -0.255. The average molecular weight is 195 g/mol. The van der Waals surface area contributed by atoms with E-state index >= 15 is 0 Å². The van der Waals surface area contributed by atoms with Crippen molar-refractivity contribution in [1.29, 1.82) is 0 Å². The second kappa shape index (κ2) is 4.48. The molecule has 5 nitrogen and oxygen atoms in total. The summed E-state index contributed by atoms with van der Waals surface area (Å²) in [5.41, 5.74) is 11.9. The van der Waals surface area contributed by atoms with E-state index in [0.717, 1.165) is 0 Å². The summed E-state index contributed by atoms with van der Waals surface area (Å²) in [5, 5.41) is 2.58. The molecule has 0 spiro atoms. The van der Waals surface area contributed by atoms with Gasteiger partial charge >= 0.3 is 0 Å². The molecule has 76 valence electrons. The third-order valence-electron chi connectivity index (χ3n) is 1.70. The topological polar surface area (TPSA) is 90.4 Å². The van der Waals surface area contributed by atoms with Crippen molar-refractivity contribution < 1.29 is 9.53 Å². The first-order chi connectivity index (χ1) is 6.67. The number of rotatable bonds is 3. The Morgan fingerprint density at radius 3 is 2.79 bits per heavy atom. The van der Waals surface area contributed by atoms with Crippen LogP contribution in [0.2, 0.25) is 0 Å². The first kappa shape index (κ1) is 10.3. The average Bonchev–Trinajstić information content (AvgIpc) is 2.18. The molecule has 0 atom stereocenters. The molecule has 0 radical (unpaired) electrons. The van der Waals surface area contributed by atoms with E-state index in [-0.39, 0.29) is 12.5 Å².